The van der Waals surface area contributed by atoms with Gasteiger partial charge in [0.1, 0.15) is 5.60 Å². The highest BCUT2D eigenvalue weighted by atomic mass is 35.5. The van der Waals surface area contributed by atoms with Crippen LogP contribution >= 0.6 is 23.2 Å². The zero-order valence-corrected chi connectivity index (χ0v) is 15.2. The van der Waals surface area contributed by atoms with E-state index in [2.05, 4.69) is 10.3 Å². The predicted octanol–water partition coefficient (Wildman–Crippen LogP) is 2.84. The molecule has 0 saturated carbocycles. The molecule has 0 aliphatic heterocycles. The van der Waals surface area contributed by atoms with Gasteiger partial charge in [-0.05, 0) is 36.6 Å². The quantitative estimate of drug-likeness (QED) is 0.739. The summed E-state index contributed by atoms with van der Waals surface area (Å²) in [6.07, 6.45) is 0.985. The second-order valence-corrected chi connectivity index (χ2v) is 7.15. The Bertz CT molecular complexity index is 851. The van der Waals surface area contributed by atoms with E-state index in [0.29, 0.717) is 15.6 Å². The Hall–Kier alpha value is -1.73. The maximum absolute atomic E-state index is 15.6. The van der Waals surface area contributed by atoms with E-state index in [0.717, 1.165) is 0 Å². The first-order valence-electron chi connectivity index (χ1n) is 8.00. The molecule has 0 unspecified atom stereocenters. The second kappa shape index (κ2) is 7.12. The van der Waals surface area contributed by atoms with E-state index in [-0.39, 0.29) is 30.6 Å². The molecule has 26 heavy (non-hydrogen) atoms. The maximum atomic E-state index is 15.6. The van der Waals surface area contributed by atoms with Crippen LogP contribution in [0.15, 0.2) is 36.5 Å². The normalized spacial score (nSPS) is 24.8. The van der Waals surface area contributed by atoms with Crippen molar-refractivity contribution < 1.29 is 19.4 Å². The van der Waals surface area contributed by atoms with Gasteiger partial charge in [-0.1, -0.05) is 35.3 Å². The Morgan fingerprint density at radius 3 is 2.77 bits per heavy atom. The van der Waals surface area contributed by atoms with Crippen LogP contribution in [0.1, 0.15) is 29.7 Å². The molecule has 0 spiro atoms. The number of hydrogen-bond donors (Lipinski definition) is 3. The fourth-order valence-corrected chi connectivity index (χ4v) is 3.57. The van der Waals surface area contributed by atoms with E-state index in [1.165, 1.54) is 24.4 Å². The smallest absolute Gasteiger partial charge is 0.262 e. The maximum Gasteiger partial charge on any atom is 0.262 e. The number of pyridine rings is 1. The van der Waals surface area contributed by atoms with Crippen LogP contribution in [0, 0.1) is 0 Å². The lowest BCUT2D eigenvalue weighted by atomic mass is 9.74. The van der Waals surface area contributed by atoms with Crippen LogP contribution in [0.5, 0.6) is 0 Å². The number of nitrogens with one attached hydrogen (secondary N) is 1. The SMILES string of the molecule is O=C(NCc1ccc(Cl)cc1Cl)[C@]1(F)CC[C@](O)(CO)c2ncccc21. The van der Waals surface area contributed by atoms with Crippen LogP contribution in [0.4, 0.5) is 4.39 Å². The summed E-state index contributed by atoms with van der Waals surface area (Å²) in [7, 11) is 0. The standard InChI is InChI=1S/C18H17Cl2FN2O3/c19-12-4-3-11(14(20)8-12)9-23-16(25)18(21)6-5-17(26,10-24)15-13(18)2-1-7-22-15/h1-4,7-8,24,26H,5-6,9-10H2,(H,23,25)/t17-,18-/m0/s1. The third-order valence-corrected chi connectivity index (χ3v) is 5.22. The first kappa shape index (κ1) is 19.0. The van der Waals surface area contributed by atoms with Crippen molar-refractivity contribution in [3.8, 4) is 0 Å². The molecule has 1 aromatic heterocycles. The molecule has 8 heteroatoms. The summed E-state index contributed by atoms with van der Waals surface area (Å²) in [4.78, 5) is 16.6. The Balaban J connectivity index is 1.85. The monoisotopic (exact) mass is 398 g/mol. The molecule has 1 heterocycles. The number of alkyl halides is 1. The van der Waals surface area contributed by atoms with Gasteiger partial charge in [0.2, 0.25) is 5.67 Å². The topological polar surface area (TPSA) is 82.5 Å². The van der Waals surface area contributed by atoms with Gasteiger partial charge >= 0.3 is 0 Å². The van der Waals surface area contributed by atoms with Crippen LogP contribution < -0.4 is 5.32 Å². The summed E-state index contributed by atoms with van der Waals surface area (Å²) < 4.78 is 15.6. The van der Waals surface area contributed by atoms with Crippen LogP contribution in [0.2, 0.25) is 10.0 Å². The van der Waals surface area contributed by atoms with Gasteiger partial charge in [-0.15, -0.1) is 0 Å². The number of nitrogens with zero attached hydrogens (tertiary/aromatic N) is 1. The summed E-state index contributed by atoms with van der Waals surface area (Å²) in [5, 5.41) is 23.3. The van der Waals surface area contributed by atoms with Crippen LogP contribution in [0.25, 0.3) is 0 Å². The number of aliphatic hydroxyl groups is 2. The molecule has 0 radical (unpaired) electrons. The fourth-order valence-electron chi connectivity index (χ4n) is 3.10. The number of halogens is 3. The number of carbonyl (C=O) groups excluding carboxylic acids is 1. The molecule has 1 aliphatic carbocycles. The van der Waals surface area contributed by atoms with Gasteiger partial charge in [-0.2, -0.15) is 0 Å². The molecule has 3 N–H and O–H groups in total. The molecule has 2 aromatic rings. The predicted molar refractivity (Wildman–Crippen MR) is 95.5 cm³/mol. The molecular weight excluding hydrogens is 382 g/mol. The highest BCUT2D eigenvalue weighted by Crippen LogP contribution is 2.45. The van der Waals surface area contributed by atoms with Crippen LogP contribution in [-0.4, -0.2) is 27.7 Å². The Labute approximate surface area is 159 Å². The molecule has 0 saturated heterocycles. The minimum absolute atomic E-state index is 0.0177. The highest BCUT2D eigenvalue weighted by molar-refractivity contribution is 6.35. The number of benzene rings is 1. The lowest BCUT2D eigenvalue weighted by Gasteiger charge is -2.38. The largest absolute Gasteiger partial charge is 0.393 e. The van der Waals surface area contributed by atoms with Crippen molar-refractivity contribution in [3.63, 3.8) is 0 Å². The van der Waals surface area contributed by atoms with Crippen molar-refractivity contribution in [1.29, 1.82) is 0 Å². The second-order valence-electron chi connectivity index (χ2n) is 6.31. The molecular formula is C18H17Cl2FN2O3. The van der Waals surface area contributed by atoms with Gasteiger partial charge in [0.05, 0.1) is 12.3 Å². The van der Waals surface area contributed by atoms with Gasteiger partial charge in [0.15, 0.2) is 0 Å². The van der Waals surface area contributed by atoms with E-state index >= 15 is 4.39 Å². The molecule has 1 amide bonds. The van der Waals surface area contributed by atoms with Crippen molar-refractivity contribution in [2.24, 2.45) is 0 Å². The van der Waals surface area contributed by atoms with Crippen molar-refractivity contribution in [2.75, 3.05) is 6.61 Å². The van der Waals surface area contributed by atoms with E-state index in [1.54, 1.807) is 12.1 Å². The first-order valence-corrected chi connectivity index (χ1v) is 8.76. The summed E-state index contributed by atoms with van der Waals surface area (Å²) in [5.41, 5.74) is -3.48. The molecule has 138 valence electrons. The van der Waals surface area contributed by atoms with Crippen molar-refractivity contribution in [3.05, 3.63) is 63.4 Å². The zero-order valence-electron chi connectivity index (χ0n) is 13.7. The Morgan fingerprint density at radius 2 is 2.08 bits per heavy atom. The molecule has 0 fully saturated rings. The van der Waals surface area contributed by atoms with Gasteiger partial charge in [-0.25, -0.2) is 4.39 Å². The van der Waals surface area contributed by atoms with Gasteiger partial charge < -0.3 is 15.5 Å². The van der Waals surface area contributed by atoms with Gasteiger partial charge in [0, 0.05) is 28.4 Å². The Morgan fingerprint density at radius 1 is 1.31 bits per heavy atom. The van der Waals surface area contributed by atoms with Gasteiger partial charge in [-0.3, -0.25) is 9.78 Å². The average molecular weight is 399 g/mol. The van der Waals surface area contributed by atoms with Gasteiger partial charge in [0.25, 0.3) is 5.91 Å². The third kappa shape index (κ3) is 3.30. The molecule has 2 atom stereocenters. The van der Waals surface area contributed by atoms with E-state index < -0.39 is 23.8 Å². The van der Waals surface area contributed by atoms with E-state index in [9.17, 15) is 15.0 Å². The summed E-state index contributed by atoms with van der Waals surface area (Å²) in [5.74, 6) is -0.849. The number of rotatable bonds is 4. The minimum Gasteiger partial charge on any atom is -0.393 e. The molecule has 1 aliphatic rings. The lowest BCUT2D eigenvalue weighted by Crippen LogP contribution is -2.49. The Kier molecular flexibility index (Phi) is 5.21. The summed E-state index contributed by atoms with van der Waals surface area (Å²) >= 11 is 11.9. The number of fused-ring (bicyclic) bond motifs is 1. The molecule has 1 aromatic carbocycles. The highest BCUT2D eigenvalue weighted by Gasteiger charge is 2.51. The first-order chi connectivity index (χ1) is 12.3. The molecule has 0 bridgehead atoms. The third-order valence-electron chi connectivity index (χ3n) is 4.63. The number of aliphatic hydroxyl groups excluding tert-OH is 1. The molecule has 5 nitrogen and oxygen atoms in total. The molecule has 3 rings (SSSR count). The number of aromatic nitrogens is 1. The van der Waals surface area contributed by atoms with Crippen LogP contribution in [0.3, 0.4) is 0 Å². The number of carbonyl (C=O) groups is 1. The average Bonchev–Trinajstić information content (AvgIpc) is 2.64. The lowest BCUT2D eigenvalue weighted by molar-refractivity contribution is -0.138. The van der Waals surface area contributed by atoms with Crippen molar-refractivity contribution in [1.82, 2.24) is 10.3 Å². The minimum atomic E-state index is -2.36. The van der Waals surface area contributed by atoms with Crippen molar-refractivity contribution in [2.45, 2.75) is 30.7 Å². The number of amides is 1. The zero-order chi connectivity index (χ0) is 18.9. The summed E-state index contributed by atoms with van der Waals surface area (Å²) in [6.45, 7) is -0.574. The van der Waals surface area contributed by atoms with E-state index in [1.807, 2.05) is 0 Å². The number of hydrogen-bond acceptors (Lipinski definition) is 4. The summed E-state index contributed by atoms with van der Waals surface area (Å²) in [6, 6.07) is 7.70. The van der Waals surface area contributed by atoms with Crippen molar-refractivity contribution >= 4 is 29.1 Å². The van der Waals surface area contributed by atoms with E-state index in [4.69, 9.17) is 23.2 Å². The van der Waals surface area contributed by atoms with Crippen LogP contribution in [-0.2, 0) is 22.6 Å². The fraction of sp³-hybridized carbons (Fsp3) is 0.333.